The fraction of sp³-hybridized carbons (Fsp3) is 0.154. The van der Waals surface area contributed by atoms with Crippen molar-refractivity contribution >= 4 is 5.97 Å². The lowest BCUT2D eigenvalue weighted by Crippen LogP contribution is -2.03. The fourth-order valence-electron chi connectivity index (χ4n) is 1.60. The first-order valence-corrected chi connectivity index (χ1v) is 5.31. The average Bonchev–Trinajstić information content (AvgIpc) is 2.38. The zero-order valence-corrected chi connectivity index (χ0v) is 9.76. The molecule has 0 bridgehead atoms. The second-order valence-electron chi connectivity index (χ2n) is 3.74. The van der Waals surface area contributed by atoms with E-state index in [9.17, 15) is 9.18 Å². The van der Waals surface area contributed by atoms with Crippen molar-refractivity contribution in [1.82, 2.24) is 9.97 Å². The number of aromatic nitrogens is 2. The van der Waals surface area contributed by atoms with Crippen molar-refractivity contribution in [2.45, 2.75) is 6.42 Å². The molecular weight excluding hydrogens is 235 g/mol. The summed E-state index contributed by atoms with van der Waals surface area (Å²) >= 11 is 0. The van der Waals surface area contributed by atoms with E-state index in [0.717, 1.165) is 11.1 Å². The molecule has 0 aromatic carbocycles. The summed E-state index contributed by atoms with van der Waals surface area (Å²) in [6, 6.07) is 4.75. The van der Waals surface area contributed by atoms with Crippen LogP contribution in [0.3, 0.4) is 0 Å². The maximum absolute atomic E-state index is 12.9. The molecule has 0 aliphatic heterocycles. The molecule has 2 rings (SSSR count). The third kappa shape index (κ3) is 2.88. The number of rotatable bonds is 3. The number of pyridine rings is 2. The Labute approximate surface area is 103 Å². The number of nitrogens with zero attached hydrogens (tertiary/aromatic N) is 2. The first kappa shape index (κ1) is 12.2. The Hall–Kier alpha value is -2.30. The monoisotopic (exact) mass is 246 g/mol. The van der Waals surface area contributed by atoms with Gasteiger partial charge in [-0.25, -0.2) is 9.78 Å². The summed E-state index contributed by atoms with van der Waals surface area (Å²) in [5.74, 6) is -0.963. The highest BCUT2D eigenvalue weighted by molar-refractivity contribution is 5.89. The Morgan fingerprint density at radius 3 is 2.89 bits per heavy atom. The maximum Gasteiger partial charge on any atom is 0.339 e. The van der Waals surface area contributed by atoms with Gasteiger partial charge in [-0.3, -0.25) is 4.98 Å². The van der Waals surface area contributed by atoms with Gasteiger partial charge in [0.05, 0.1) is 12.7 Å². The van der Waals surface area contributed by atoms with Gasteiger partial charge in [-0.2, -0.15) is 4.39 Å². The van der Waals surface area contributed by atoms with Crippen molar-refractivity contribution < 1.29 is 13.9 Å². The second kappa shape index (κ2) is 5.35. The zero-order valence-electron chi connectivity index (χ0n) is 9.76. The van der Waals surface area contributed by atoms with Gasteiger partial charge in [0.15, 0.2) is 0 Å². The number of esters is 1. The minimum Gasteiger partial charge on any atom is -0.465 e. The highest BCUT2D eigenvalue weighted by Gasteiger charge is 2.07. The molecule has 0 amide bonds. The number of halogens is 1. The SMILES string of the molecule is COC(=O)c1cncc(Cc2ccnc(F)c2)c1. The lowest BCUT2D eigenvalue weighted by Gasteiger charge is -2.03. The number of ether oxygens (including phenoxy) is 1. The predicted octanol–water partition coefficient (Wildman–Crippen LogP) is 1.99. The largest absolute Gasteiger partial charge is 0.465 e. The average molecular weight is 246 g/mol. The first-order chi connectivity index (χ1) is 8.69. The summed E-state index contributed by atoms with van der Waals surface area (Å²) in [5.41, 5.74) is 1.96. The van der Waals surface area contributed by atoms with E-state index < -0.39 is 11.9 Å². The number of carbonyl (C=O) groups is 1. The molecule has 0 aliphatic carbocycles. The Bertz CT molecular complexity index is 572. The number of carbonyl (C=O) groups excluding carboxylic acids is 1. The van der Waals surface area contributed by atoms with E-state index in [2.05, 4.69) is 14.7 Å². The van der Waals surface area contributed by atoms with Crippen LogP contribution in [0.25, 0.3) is 0 Å². The molecule has 0 atom stereocenters. The Kier molecular flexibility index (Phi) is 3.62. The van der Waals surface area contributed by atoms with E-state index in [0.29, 0.717) is 12.0 Å². The molecule has 92 valence electrons. The van der Waals surface area contributed by atoms with E-state index in [1.807, 2.05) is 0 Å². The molecule has 2 aromatic heterocycles. The van der Waals surface area contributed by atoms with Crippen LogP contribution in [-0.2, 0) is 11.2 Å². The van der Waals surface area contributed by atoms with E-state index in [1.165, 1.54) is 25.6 Å². The molecule has 0 saturated heterocycles. The minimum atomic E-state index is -0.524. The summed E-state index contributed by atoms with van der Waals surface area (Å²) < 4.78 is 17.5. The Balaban J connectivity index is 2.22. The van der Waals surface area contributed by atoms with E-state index in [-0.39, 0.29) is 0 Å². The third-order valence-corrected chi connectivity index (χ3v) is 2.42. The first-order valence-electron chi connectivity index (χ1n) is 5.31. The van der Waals surface area contributed by atoms with E-state index in [1.54, 1.807) is 18.3 Å². The second-order valence-corrected chi connectivity index (χ2v) is 3.74. The van der Waals surface area contributed by atoms with Crippen LogP contribution in [0.2, 0.25) is 0 Å². The summed E-state index contributed by atoms with van der Waals surface area (Å²) in [5, 5.41) is 0. The molecule has 0 spiro atoms. The topological polar surface area (TPSA) is 52.1 Å². The van der Waals surface area contributed by atoms with Gasteiger partial charge in [0.1, 0.15) is 0 Å². The molecule has 0 N–H and O–H groups in total. The van der Waals surface area contributed by atoms with Gasteiger partial charge in [-0.15, -0.1) is 0 Å². The van der Waals surface area contributed by atoms with E-state index >= 15 is 0 Å². The van der Waals surface area contributed by atoms with Crippen LogP contribution < -0.4 is 0 Å². The maximum atomic E-state index is 12.9. The molecule has 5 heteroatoms. The highest BCUT2D eigenvalue weighted by atomic mass is 19.1. The van der Waals surface area contributed by atoms with Gasteiger partial charge in [0.25, 0.3) is 0 Å². The normalized spacial score (nSPS) is 10.1. The van der Waals surface area contributed by atoms with Crippen LogP contribution in [0.5, 0.6) is 0 Å². The lowest BCUT2D eigenvalue weighted by atomic mass is 10.1. The van der Waals surface area contributed by atoms with Crippen LogP contribution in [0.4, 0.5) is 4.39 Å². The molecule has 0 fully saturated rings. The third-order valence-electron chi connectivity index (χ3n) is 2.42. The van der Waals surface area contributed by atoms with Crippen LogP contribution in [0.15, 0.2) is 36.8 Å². The molecule has 4 nitrogen and oxygen atoms in total. The predicted molar refractivity (Wildman–Crippen MR) is 62.6 cm³/mol. The Morgan fingerprint density at radius 1 is 1.33 bits per heavy atom. The van der Waals surface area contributed by atoms with Crippen LogP contribution in [0, 0.1) is 5.95 Å². The molecule has 0 aliphatic rings. The fourth-order valence-corrected chi connectivity index (χ4v) is 1.60. The number of hydrogen-bond acceptors (Lipinski definition) is 4. The van der Waals surface area contributed by atoms with Gasteiger partial charge in [-0.05, 0) is 35.7 Å². The van der Waals surface area contributed by atoms with Gasteiger partial charge in [0, 0.05) is 18.6 Å². The van der Waals surface area contributed by atoms with Crippen molar-refractivity contribution in [3.05, 3.63) is 59.4 Å². The molecule has 18 heavy (non-hydrogen) atoms. The molecule has 0 unspecified atom stereocenters. The van der Waals surface area contributed by atoms with Gasteiger partial charge in [-0.1, -0.05) is 0 Å². The summed E-state index contributed by atoms with van der Waals surface area (Å²) in [6.45, 7) is 0. The zero-order chi connectivity index (χ0) is 13.0. The standard InChI is InChI=1S/C13H11FN2O2/c1-18-13(17)11-5-10(7-15-8-11)4-9-2-3-16-12(14)6-9/h2-3,5-8H,4H2,1H3. The highest BCUT2D eigenvalue weighted by Crippen LogP contribution is 2.11. The van der Waals surface area contributed by atoms with Crippen LogP contribution in [-0.4, -0.2) is 23.0 Å². The molecule has 2 heterocycles. The minimum absolute atomic E-state index is 0.379. The smallest absolute Gasteiger partial charge is 0.339 e. The summed E-state index contributed by atoms with van der Waals surface area (Å²) in [4.78, 5) is 18.8. The van der Waals surface area contributed by atoms with Crippen molar-refractivity contribution in [1.29, 1.82) is 0 Å². The van der Waals surface area contributed by atoms with Gasteiger partial charge >= 0.3 is 5.97 Å². The van der Waals surface area contributed by atoms with Crippen molar-refractivity contribution in [3.8, 4) is 0 Å². The van der Waals surface area contributed by atoms with E-state index in [4.69, 9.17) is 0 Å². The number of methoxy groups -OCH3 is 1. The van der Waals surface area contributed by atoms with Crippen LogP contribution in [0.1, 0.15) is 21.5 Å². The quantitative estimate of drug-likeness (QED) is 0.614. The molecule has 2 aromatic rings. The molecule has 0 saturated carbocycles. The number of hydrogen-bond donors (Lipinski definition) is 0. The molecular formula is C13H11FN2O2. The summed E-state index contributed by atoms with van der Waals surface area (Å²) in [7, 11) is 1.31. The van der Waals surface area contributed by atoms with Crippen molar-refractivity contribution in [2.75, 3.05) is 7.11 Å². The summed E-state index contributed by atoms with van der Waals surface area (Å²) in [6.07, 6.45) is 4.95. The molecule has 0 radical (unpaired) electrons. The van der Waals surface area contributed by atoms with Gasteiger partial charge < -0.3 is 4.74 Å². The van der Waals surface area contributed by atoms with Crippen molar-refractivity contribution in [2.24, 2.45) is 0 Å². The Morgan fingerprint density at radius 2 is 2.17 bits per heavy atom. The van der Waals surface area contributed by atoms with Gasteiger partial charge in [0.2, 0.25) is 5.95 Å². The van der Waals surface area contributed by atoms with Crippen LogP contribution >= 0.6 is 0 Å². The lowest BCUT2D eigenvalue weighted by molar-refractivity contribution is 0.0600. The van der Waals surface area contributed by atoms with Crippen molar-refractivity contribution in [3.63, 3.8) is 0 Å².